The molecule has 0 radical (unpaired) electrons. The lowest BCUT2D eigenvalue weighted by Crippen LogP contribution is -1.98. The van der Waals surface area contributed by atoms with Gasteiger partial charge in [-0.15, -0.1) is 0 Å². The molecule has 4 aromatic carbocycles. The van der Waals surface area contributed by atoms with E-state index in [4.69, 9.17) is 4.74 Å². The van der Waals surface area contributed by atoms with Crippen molar-refractivity contribution in [1.29, 1.82) is 5.26 Å². The van der Waals surface area contributed by atoms with Gasteiger partial charge >= 0.3 is 0 Å². The number of benzene rings is 4. The molecule has 0 heterocycles. The number of halogens is 2. The maximum Gasteiger partial charge on any atom is 0.148 e. The van der Waals surface area contributed by atoms with Crippen molar-refractivity contribution < 1.29 is 4.74 Å². The van der Waals surface area contributed by atoms with E-state index >= 15 is 0 Å². The molecule has 4 rings (SSSR count). The van der Waals surface area contributed by atoms with Crippen LogP contribution in [0.4, 0.5) is 0 Å². The molecule has 0 spiro atoms. The van der Waals surface area contributed by atoms with E-state index in [9.17, 15) is 5.26 Å². The molecule has 0 aromatic heterocycles. The van der Waals surface area contributed by atoms with Crippen LogP contribution in [0.15, 0.2) is 93.9 Å². The van der Waals surface area contributed by atoms with Crippen LogP contribution in [0, 0.1) is 11.3 Å². The maximum absolute atomic E-state index is 9.56. The monoisotopic (exact) mass is 517 g/mol. The molecule has 0 amide bonds. The molecule has 4 heteroatoms. The van der Waals surface area contributed by atoms with Gasteiger partial charge in [-0.2, -0.15) is 5.26 Å². The van der Waals surface area contributed by atoms with Gasteiger partial charge in [-0.1, -0.05) is 72.8 Å². The Morgan fingerprint density at radius 1 is 0.867 bits per heavy atom. The van der Waals surface area contributed by atoms with E-state index in [-0.39, 0.29) is 0 Å². The first-order chi connectivity index (χ1) is 14.7. The molecular weight excluding hydrogens is 502 g/mol. The summed E-state index contributed by atoms with van der Waals surface area (Å²) < 4.78 is 7.81. The molecule has 0 atom stereocenters. The van der Waals surface area contributed by atoms with Gasteiger partial charge in [0.05, 0.1) is 20.6 Å². The fourth-order valence-corrected chi connectivity index (χ4v) is 4.78. The SMILES string of the molecule is N#C/C(=C/c1cc(Br)c(OCc2cccc3ccccc23)c(Br)c1)c1ccccc1. The average molecular weight is 519 g/mol. The van der Waals surface area contributed by atoms with Gasteiger partial charge in [0, 0.05) is 0 Å². The van der Waals surface area contributed by atoms with Crippen molar-refractivity contribution in [3.05, 3.63) is 111 Å². The highest BCUT2D eigenvalue weighted by atomic mass is 79.9. The van der Waals surface area contributed by atoms with Crippen LogP contribution < -0.4 is 4.74 Å². The highest BCUT2D eigenvalue weighted by molar-refractivity contribution is 9.11. The number of nitrogens with zero attached hydrogens (tertiary/aromatic N) is 1. The zero-order chi connectivity index (χ0) is 20.9. The molecule has 0 aliphatic rings. The fourth-order valence-electron chi connectivity index (χ4n) is 3.33. The van der Waals surface area contributed by atoms with Crippen molar-refractivity contribution in [1.82, 2.24) is 0 Å². The Labute approximate surface area is 192 Å². The molecule has 0 aliphatic carbocycles. The van der Waals surface area contributed by atoms with Gasteiger partial charge in [-0.05, 0) is 77.5 Å². The first-order valence-corrected chi connectivity index (χ1v) is 11.0. The summed E-state index contributed by atoms with van der Waals surface area (Å²) in [6.45, 7) is 0.460. The number of rotatable bonds is 5. The van der Waals surface area contributed by atoms with Crippen molar-refractivity contribution in [2.45, 2.75) is 6.61 Å². The van der Waals surface area contributed by atoms with E-state index in [1.807, 2.05) is 66.7 Å². The number of hydrogen-bond donors (Lipinski definition) is 0. The highest BCUT2D eigenvalue weighted by Gasteiger charge is 2.11. The lowest BCUT2D eigenvalue weighted by molar-refractivity contribution is 0.303. The van der Waals surface area contributed by atoms with E-state index < -0.39 is 0 Å². The van der Waals surface area contributed by atoms with Crippen molar-refractivity contribution in [2.75, 3.05) is 0 Å². The Bertz CT molecular complexity index is 1240. The zero-order valence-corrected chi connectivity index (χ0v) is 19.2. The predicted molar refractivity (Wildman–Crippen MR) is 130 cm³/mol. The Hall–Kier alpha value is -2.87. The summed E-state index contributed by atoms with van der Waals surface area (Å²) in [7, 11) is 0. The van der Waals surface area contributed by atoms with Gasteiger partial charge in [0.25, 0.3) is 0 Å². The van der Waals surface area contributed by atoms with Crippen LogP contribution in [-0.2, 0) is 6.61 Å². The van der Waals surface area contributed by atoms with Crippen molar-refractivity contribution >= 4 is 54.3 Å². The average Bonchev–Trinajstić information content (AvgIpc) is 2.77. The minimum Gasteiger partial charge on any atom is -0.487 e. The van der Waals surface area contributed by atoms with Crippen molar-refractivity contribution in [3.8, 4) is 11.8 Å². The second-order valence-electron chi connectivity index (χ2n) is 6.78. The van der Waals surface area contributed by atoms with Gasteiger partial charge in [0.1, 0.15) is 12.4 Å². The molecular formula is C26H17Br2NO. The summed E-state index contributed by atoms with van der Waals surface area (Å²) >= 11 is 7.24. The molecule has 30 heavy (non-hydrogen) atoms. The topological polar surface area (TPSA) is 33.0 Å². The summed E-state index contributed by atoms with van der Waals surface area (Å²) in [6, 6.07) is 30.4. The van der Waals surface area contributed by atoms with Crippen LogP contribution in [0.2, 0.25) is 0 Å². The Kier molecular flexibility index (Phi) is 6.32. The van der Waals surface area contributed by atoms with Gasteiger partial charge in [0.2, 0.25) is 0 Å². The molecule has 0 bridgehead atoms. The van der Waals surface area contributed by atoms with Crippen LogP contribution in [0.5, 0.6) is 5.75 Å². The number of nitriles is 1. The second kappa shape index (κ2) is 9.30. The van der Waals surface area contributed by atoms with Crippen LogP contribution >= 0.6 is 31.9 Å². The molecule has 4 aromatic rings. The number of ether oxygens (including phenoxy) is 1. The Morgan fingerprint density at radius 2 is 1.53 bits per heavy atom. The van der Waals surface area contributed by atoms with Gasteiger partial charge in [-0.25, -0.2) is 0 Å². The van der Waals surface area contributed by atoms with Gasteiger partial charge in [0.15, 0.2) is 0 Å². The van der Waals surface area contributed by atoms with E-state index in [1.165, 1.54) is 10.8 Å². The van der Waals surface area contributed by atoms with Crippen molar-refractivity contribution in [2.24, 2.45) is 0 Å². The summed E-state index contributed by atoms with van der Waals surface area (Å²) in [5.41, 5.74) is 3.54. The Balaban J connectivity index is 1.60. The summed E-state index contributed by atoms with van der Waals surface area (Å²) in [4.78, 5) is 0. The van der Waals surface area contributed by atoms with Crippen LogP contribution in [0.1, 0.15) is 16.7 Å². The predicted octanol–water partition coefficient (Wildman–Crippen LogP) is 8.01. The minimum absolute atomic E-state index is 0.460. The van der Waals surface area contributed by atoms with Crippen LogP contribution in [-0.4, -0.2) is 0 Å². The first-order valence-electron chi connectivity index (χ1n) is 9.41. The highest BCUT2D eigenvalue weighted by Crippen LogP contribution is 2.36. The standard InChI is InChI=1S/C26H17Br2NO/c27-24-14-18(13-22(16-29)19-7-2-1-3-8-19)15-25(28)26(24)30-17-21-11-6-10-20-9-4-5-12-23(20)21/h1-15H,17H2/b22-13-. The quantitative estimate of drug-likeness (QED) is 0.198. The molecule has 146 valence electrons. The van der Waals surface area contributed by atoms with E-state index in [1.54, 1.807) is 0 Å². The van der Waals surface area contributed by atoms with E-state index in [0.717, 1.165) is 31.4 Å². The number of fused-ring (bicyclic) bond motifs is 1. The van der Waals surface area contributed by atoms with Crippen molar-refractivity contribution in [3.63, 3.8) is 0 Å². The summed E-state index contributed by atoms with van der Waals surface area (Å²) in [5, 5.41) is 11.9. The van der Waals surface area contributed by atoms with E-state index in [2.05, 4.69) is 62.2 Å². The molecule has 0 unspecified atom stereocenters. The Morgan fingerprint density at radius 3 is 2.27 bits per heavy atom. The molecule has 0 aliphatic heterocycles. The number of hydrogen-bond acceptors (Lipinski definition) is 2. The van der Waals surface area contributed by atoms with Gasteiger partial charge < -0.3 is 4.74 Å². The largest absolute Gasteiger partial charge is 0.487 e. The third kappa shape index (κ3) is 4.48. The fraction of sp³-hybridized carbons (Fsp3) is 0.0385. The third-order valence-electron chi connectivity index (χ3n) is 4.79. The van der Waals surface area contributed by atoms with Crippen LogP contribution in [0.3, 0.4) is 0 Å². The minimum atomic E-state index is 0.460. The molecule has 0 saturated carbocycles. The third-order valence-corrected chi connectivity index (χ3v) is 5.97. The smallest absolute Gasteiger partial charge is 0.148 e. The molecule has 2 nitrogen and oxygen atoms in total. The lowest BCUT2D eigenvalue weighted by atomic mass is 10.0. The summed E-state index contributed by atoms with van der Waals surface area (Å²) in [6.07, 6.45) is 1.87. The zero-order valence-electron chi connectivity index (χ0n) is 16.0. The molecule has 0 N–H and O–H groups in total. The summed E-state index contributed by atoms with van der Waals surface area (Å²) in [5.74, 6) is 0.735. The molecule has 0 saturated heterocycles. The normalized spacial score (nSPS) is 11.3. The van der Waals surface area contributed by atoms with Gasteiger partial charge in [-0.3, -0.25) is 0 Å². The molecule has 0 fully saturated rings. The maximum atomic E-state index is 9.56. The lowest BCUT2D eigenvalue weighted by Gasteiger charge is -2.13. The first kappa shape index (κ1) is 20.4. The van der Waals surface area contributed by atoms with Crippen LogP contribution in [0.25, 0.3) is 22.4 Å². The number of allylic oxidation sites excluding steroid dienone is 1. The second-order valence-corrected chi connectivity index (χ2v) is 8.49. The van der Waals surface area contributed by atoms with E-state index in [0.29, 0.717) is 12.2 Å².